The molecule has 0 aliphatic carbocycles. The number of aryl methyl sites for hydroxylation is 1. The Bertz CT molecular complexity index is 1710. The molecule has 7 heteroatoms. The third kappa shape index (κ3) is 8.06. The molecule has 0 saturated heterocycles. The molecule has 2 unspecified atom stereocenters. The van der Waals surface area contributed by atoms with E-state index in [4.69, 9.17) is 0 Å². The highest BCUT2D eigenvalue weighted by Crippen LogP contribution is 2.26. The van der Waals surface area contributed by atoms with Crippen LogP contribution in [0.4, 0.5) is 4.79 Å². The first kappa shape index (κ1) is 31.3. The van der Waals surface area contributed by atoms with Gasteiger partial charge in [0.2, 0.25) is 5.91 Å². The molecule has 5 aromatic rings. The highest BCUT2D eigenvalue weighted by Gasteiger charge is 2.31. The van der Waals surface area contributed by atoms with Crippen LogP contribution in [0.25, 0.3) is 22.0 Å². The number of hydrogen-bond acceptors (Lipinski definition) is 3. The van der Waals surface area contributed by atoms with Crippen LogP contribution in [0, 0.1) is 5.92 Å². The van der Waals surface area contributed by atoms with Gasteiger partial charge in [-0.1, -0.05) is 103 Å². The van der Waals surface area contributed by atoms with E-state index in [0.29, 0.717) is 25.7 Å². The zero-order chi connectivity index (χ0) is 31.6. The molecule has 3 N–H and O–H groups in total. The Morgan fingerprint density at radius 2 is 1.47 bits per heavy atom. The number of hydrogen-bond donors (Lipinski definition) is 3. The summed E-state index contributed by atoms with van der Waals surface area (Å²) < 4.78 is 0. The van der Waals surface area contributed by atoms with E-state index in [1.807, 2.05) is 79.0 Å². The second kappa shape index (κ2) is 15.0. The predicted molar refractivity (Wildman–Crippen MR) is 178 cm³/mol. The van der Waals surface area contributed by atoms with Gasteiger partial charge in [-0.3, -0.25) is 14.5 Å². The number of aliphatic carboxylic acids is 1. The number of aromatic nitrogens is 1. The molecule has 0 bridgehead atoms. The second-order valence-electron chi connectivity index (χ2n) is 11.3. The van der Waals surface area contributed by atoms with Crippen molar-refractivity contribution in [1.29, 1.82) is 0 Å². The number of carboxylic acids is 1. The van der Waals surface area contributed by atoms with Crippen molar-refractivity contribution in [3.05, 3.63) is 132 Å². The normalized spacial score (nSPS) is 12.4. The Balaban J connectivity index is 1.26. The van der Waals surface area contributed by atoms with Crippen molar-refractivity contribution < 1.29 is 19.5 Å². The number of nitrogens with zero attached hydrogens (tertiary/aromatic N) is 1. The van der Waals surface area contributed by atoms with E-state index < -0.39 is 29.9 Å². The quantitative estimate of drug-likeness (QED) is 0.128. The third-order valence-corrected chi connectivity index (χ3v) is 8.28. The maximum atomic E-state index is 13.7. The number of carboxylic acid groups (broad SMARTS) is 1. The summed E-state index contributed by atoms with van der Waals surface area (Å²) in [5.41, 5.74) is 6.37. The lowest BCUT2D eigenvalue weighted by Gasteiger charge is -2.27. The summed E-state index contributed by atoms with van der Waals surface area (Å²) in [5, 5.41) is 13.8. The highest BCUT2D eigenvalue weighted by atomic mass is 16.4. The maximum Gasteiger partial charge on any atom is 0.324 e. The average Bonchev–Trinajstić information content (AvgIpc) is 3.48. The molecule has 1 aromatic heterocycles. The molecule has 0 radical (unpaired) electrons. The van der Waals surface area contributed by atoms with Crippen LogP contribution in [-0.4, -0.2) is 39.4 Å². The first-order chi connectivity index (χ1) is 21.9. The van der Waals surface area contributed by atoms with Gasteiger partial charge in [-0.05, 0) is 66.5 Å². The van der Waals surface area contributed by atoms with Crippen LogP contribution in [0.15, 0.2) is 115 Å². The molecule has 45 heavy (non-hydrogen) atoms. The molecule has 3 amide bonds. The summed E-state index contributed by atoms with van der Waals surface area (Å²) in [6.07, 6.45) is 3.85. The fourth-order valence-electron chi connectivity index (χ4n) is 5.88. The Morgan fingerprint density at radius 3 is 2.16 bits per heavy atom. The van der Waals surface area contributed by atoms with Gasteiger partial charge in [0.25, 0.3) is 0 Å². The summed E-state index contributed by atoms with van der Waals surface area (Å²) in [6, 6.07) is 35.2. The number of urea groups is 1. The number of nitrogens with one attached hydrogen (secondary N) is 2. The lowest BCUT2D eigenvalue weighted by molar-refractivity contribution is -0.143. The van der Waals surface area contributed by atoms with Gasteiger partial charge < -0.3 is 15.4 Å². The van der Waals surface area contributed by atoms with E-state index >= 15 is 0 Å². The summed E-state index contributed by atoms with van der Waals surface area (Å²) in [5.74, 6) is -2.32. The van der Waals surface area contributed by atoms with Crippen LogP contribution in [0.2, 0.25) is 0 Å². The van der Waals surface area contributed by atoms with Crippen molar-refractivity contribution in [2.75, 3.05) is 6.54 Å². The molecule has 4 aromatic carbocycles. The number of para-hydroxylation sites is 1. The standard InChI is InChI=1S/C38H39N3O4/c1-2-41(38(45)40-35(30-15-7-4-8-16-30)24-32-26-39-34-19-10-9-18-33(32)34)37(44)31(25-36(42)43)17-11-12-27-20-22-29(23-21-27)28-13-5-3-6-14-28/h3-10,13-16,18-23,26,31,35,39H,2,11-12,17,24-25H2,1H3,(H,40,45)(H,42,43). The molecule has 5 rings (SSSR count). The SMILES string of the molecule is CCN(C(=O)NC(Cc1c[nH]c2ccccc12)c1ccccc1)C(=O)C(CCCc1ccc(-c2ccccc2)cc1)CC(=O)O. The molecule has 2 atom stereocenters. The third-order valence-electron chi connectivity index (χ3n) is 8.28. The number of benzene rings is 4. The van der Waals surface area contributed by atoms with Gasteiger partial charge in [-0.15, -0.1) is 0 Å². The van der Waals surface area contributed by atoms with Crippen LogP contribution >= 0.6 is 0 Å². The lowest BCUT2D eigenvalue weighted by Crippen LogP contribution is -2.48. The van der Waals surface area contributed by atoms with Gasteiger partial charge in [-0.2, -0.15) is 0 Å². The van der Waals surface area contributed by atoms with Gasteiger partial charge in [0, 0.05) is 29.6 Å². The van der Waals surface area contributed by atoms with Crippen LogP contribution in [0.3, 0.4) is 0 Å². The van der Waals surface area contributed by atoms with Crippen molar-refractivity contribution in [1.82, 2.24) is 15.2 Å². The van der Waals surface area contributed by atoms with E-state index in [0.717, 1.165) is 43.6 Å². The number of imide groups is 1. The van der Waals surface area contributed by atoms with E-state index in [1.165, 1.54) is 0 Å². The van der Waals surface area contributed by atoms with Crippen molar-refractivity contribution in [2.45, 2.75) is 45.1 Å². The minimum Gasteiger partial charge on any atom is -0.481 e. The highest BCUT2D eigenvalue weighted by molar-refractivity contribution is 5.97. The summed E-state index contributed by atoms with van der Waals surface area (Å²) in [7, 11) is 0. The molecule has 7 nitrogen and oxygen atoms in total. The number of H-pyrrole nitrogens is 1. The number of rotatable bonds is 13. The fraction of sp³-hybridized carbons (Fsp3) is 0.237. The number of amides is 3. The van der Waals surface area contributed by atoms with Gasteiger partial charge in [0.1, 0.15) is 0 Å². The minimum absolute atomic E-state index is 0.135. The van der Waals surface area contributed by atoms with Crippen LogP contribution in [0.5, 0.6) is 0 Å². The van der Waals surface area contributed by atoms with Gasteiger partial charge >= 0.3 is 12.0 Å². The van der Waals surface area contributed by atoms with Crippen LogP contribution < -0.4 is 5.32 Å². The Hall–Kier alpha value is -5.17. The summed E-state index contributed by atoms with van der Waals surface area (Å²) >= 11 is 0. The first-order valence-electron chi connectivity index (χ1n) is 15.5. The Labute approximate surface area is 263 Å². The number of carbonyl (C=O) groups is 3. The molecule has 0 spiro atoms. The zero-order valence-corrected chi connectivity index (χ0v) is 25.5. The van der Waals surface area contributed by atoms with Crippen molar-refractivity contribution >= 4 is 28.8 Å². The maximum absolute atomic E-state index is 13.7. The van der Waals surface area contributed by atoms with Crippen LogP contribution in [-0.2, 0) is 22.4 Å². The van der Waals surface area contributed by atoms with E-state index in [-0.39, 0.29) is 13.0 Å². The van der Waals surface area contributed by atoms with Crippen molar-refractivity contribution in [3.63, 3.8) is 0 Å². The lowest BCUT2D eigenvalue weighted by atomic mass is 9.94. The summed E-state index contributed by atoms with van der Waals surface area (Å²) in [6.45, 7) is 1.87. The van der Waals surface area contributed by atoms with Crippen LogP contribution in [0.1, 0.15) is 48.9 Å². The molecule has 0 saturated carbocycles. The van der Waals surface area contributed by atoms with Gasteiger partial charge in [0.05, 0.1) is 12.5 Å². The predicted octanol–water partition coefficient (Wildman–Crippen LogP) is 7.79. The Kier molecular flexibility index (Phi) is 10.4. The van der Waals surface area contributed by atoms with E-state index in [2.05, 4.69) is 46.7 Å². The average molecular weight is 602 g/mol. The Morgan fingerprint density at radius 1 is 0.822 bits per heavy atom. The largest absolute Gasteiger partial charge is 0.481 e. The smallest absolute Gasteiger partial charge is 0.324 e. The van der Waals surface area contributed by atoms with Crippen molar-refractivity contribution in [3.8, 4) is 11.1 Å². The number of aromatic amines is 1. The molecule has 0 aliphatic heterocycles. The minimum atomic E-state index is -1.06. The molecule has 0 aliphatic rings. The van der Waals surface area contributed by atoms with E-state index in [1.54, 1.807) is 6.92 Å². The summed E-state index contributed by atoms with van der Waals surface area (Å²) in [4.78, 5) is 43.6. The fourth-order valence-corrected chi connectivity index (χ4v) is 5.88. The van der Waals surface area contributed by atoms with Crippen molar-refractivity contribution in [2.24, 2.45) is 5.92 Å². The molecular formula is C38H39N3O4. The molecular weight excluding hydrogens is 562 g/mol. The number of fused-ring (bicyclic) bond motifs is 1. The monoisotopic (exact) mass is 601 g/mol. The van der Waals surface area contributed by atoms with Gasteiger partial charge in [-0.25, -0.2) is 4.79 Å². The molecule has 230 valence electrons. The second-order valence-corrected chi connectivity index (χ2v) is 11.3. The molecule has 0 fully saturated rings. The molecule has 1 heterocycles. The topological polar surface area (TPSA) is 103 Å². The zero-order valence-electron chi connectivity index (χ0n) is 25.5. The van der Waals surface area contributed by atoms with Gasteiger partial charge in [0.15, 0.2) is 0 Å². The first-order valence-corrected chi connectivity index (χ1v) is 15.5. The van der Waals surface area contributed by atoms with E-state index in [9.17, 15) is 19.5 Å². The number of carbonyl (C=O) groups excluding carboxylic acids is 2.